The number of nitrogens with one attached hydrogen (secondary N) is 1. The summed E-state index contributed by atoms with van der Waals surface area (Å²) in [7, 11) is 0. The van der Waals surface area contributed by atoms with Gasteiger partial charge in [-0.15, -0.1) is 13.2 Å². The number of benzene rings is 2. The Morgan fingerprint density at radius 1 is 1.00 bits per heavy atom. The van der Waals surface area contributed by atoms with Crippen molar-refractivity contribution in [3.05, 3.63) is 64.2 Å². The van der Waals surface area contributed by atoms with Gasteiger partial charge in [0, 0.05) is 49.6 Å². The maximum absolute atomic E-state index is 12.5. The van der Waals surface area contributed by atoms with Gasteiger partial charge in [-0.05, 0) is 36.4 Å². The van der Waals surface area contributed by atoms with Crippen molar-refractivity contribution >= 4 is 23.2 Å². The van der Waals surface area contributed by atoms with Gasteiger partial charge < -0.3 is 15.0 Å². The number of nitro groups is 1. The number of piperazine rings is 1. The molecule has 0 bridgehead atoms. The summed E-state index contributed by atoms with van der Waals surface area (Å²) in [6.07, 6.45) is -4.78. The molecule has 0 unspecified atom stereocenters. The molecule has 1 N–H and O–H groups in total. The number of anilines is 1. The fourth-order valence-electron chi connectivity index (χ4n) is 3.16. The summed E-state index contributed by atoms with van der Waals surface area (Å²) in [5, 5.41) is 13.3. The van der Waals surface area contributed by atoms with Gasteiger partial charge in [0.05, 0.1) is 11.5 Å². The van der Waals surface area contributed by atoms with E-state index in [-0.39, 0.29) is 29.8 Å². The third kappa shape index (κ3) is 6.41. The second-order valence-electron chi connectivity index (χ2n) is 6.99. The maximum atomic E-state index is 12.5. The van der Waals surface area contributed by atoms with Gasteiger partial charge in [-0.1, -0.05) is 0 Å². The molecule has 1 aliphatic rings. The summed E-state index contributed by atoms with van der Waals surface area (Å²) in [5.74, 6) is -0.973. The number of hydrogen-bond acceptors (Lipinski definition) is 6. The van der Waals surface area contributed by atoms with Crippen molar-refractivity contribution in [2.75, 3.05) is 38.0 Å². The average molecular weight is 452 g/mol. The van der Waals surface area contributed by atoms with E-state index >= 15 is 0 Å². The Morgan fingerprint density at radius 3 is 2.12 bits per heavy atom. The molecule has 2 amide bonds. The van der Waals surface area contributed by atoms with Crippen LogP contribution in [0, 0.1) is 10.1 Å². The fraction of sp³-hybridized carbons (Fsp3) is 0.300. The Hall–Kier alpha value is -3.67. The molecule has 0 spiro atoms. The highest BCUT2D eigenvalue weighted by Crippen LogP contribution is 2.24. The number of nitro benzene ring substituents is 1. The monoisotopic (exact) mass is 452 g/mol. The first-order chi connectivity index (χ1) is 15.1. The minimum atomic E-state index is -4.78. The number of ether oxygens (including phenoxy) is 1. The van der Waals surface area contributed by atoms with Crippen molar-refractivity contribution in [3.63, 3.8) is 0 Å². The Bertz CT molecular complexity index is 972. The lowest BCUT2D eigenvalue weighted by molar-refractivity contribution is -0.384. The molecule has 0 aromatic heterocycles. The van der Waals surface area contributed by atoms with Crippen LogP contribution in [0.2, 0.25) is 0 Å². The predicted octanol–water partition coefficient (Wildman–Crippen LogP) is 2.89. The zero-order chi connectivity index (χ0) is 23.3. The average Bonchev–Trinajstić information content (AvgIpc) is 2.74. The Morgan fingerprint density at radius 2 is 1.59 bits per heavy atom. The van der Waals surface area contributed by atoms with Gasteiger partial charge in [0.1, 0.15) is 5.75 Å². The van der Waals surface area contributed by atoms with Crippen molar-refractivity contribution < 1.29 is 32.4 Å². The number of rotatable bonds is 6. The molecule has 2 aromatic carbocycles. The molecular formula is C20H19F3N4O5. The normalized spacial score (nSPS) is 14.7. The molecule has 9 nitrogen and oxygen atoms in total. The SMILES string of the molecule is O=C(CN1CCN(C(=O)c2ccc([N+](=O)[O-])cc2)CC1)Nc1ccc(OC(F)(F)F)cc1. The highest BCUT2D eigenvalue weighted by molar-refractivity contribution is 5.94. The quantitative estimate of drug-likeness (QED) is 0.534. The van der Waals surface area contributed by atoms with Crippen LogP contribution in [0.3, 0.4) is 0 Å². The molecule has 1 fully saturated rings. The van der Waals surface area contributed by atoms with Gasteiger partial charge in [-0.3, -0.25) is 24.6 Å². The number of hydrogen-bond donors (Lipinski definition) is 1. The minimum Gasteiger partial charge on any atom is -0.406 e. The number of amides is 2. The van der Waals surface area contributed by atoms with Crippen LogP contribution in [0.25, 0.3) is 0 Å². The van der Waals surface area contributed by atoms with Crippen molar-refractivity contribution in [3.8, 4) is 5.75 Å². The molecule has 1 heterocycles. The number of carbonyl (C=O) groups is 2. The molecule has 12 heteroatoms. The number of carbonyl (C=O) groups excluding carboxylic acids is 2. The van der Waals surface area contributed by atoms with Crippen molar-refractivity contribution in [1.82, 2.24) is 9.80 Å². The summed E-state index contributed by atoms with van der Waals surface area (Å²) in [4.78, 5) is 38.4. The number of halogens is 3. The van der Waals surface area contributed by atoms with E-state index in [4.69, 9.17) is 0 Å². The third-order valence-corrected chi connectivity index (χ3v) is 4.72. The van der Waals surface area contributed by atoms with Gasteiger partial charge in [0.2, 0.25) is 5.91 Å². The first-order valence-electron chi connectivity index (χ1n) is 9.52. The van der Waals surface area contributed by atoms with E-state index in [1.165, 1.54) is 36.4 Å². The van der Waals surface area contributed by atoms with E-state index in [1.54, 1.807) is 4.90 Å². The molecule has 1 aliphatic heterocycles. The zero-order valence-electron chi connectivity index (χ0n) is 16.7. The first kappa shape index (κ1) is 23.0. The molecule has 1 saturated heterocycles. The van der Waals surface area contributed by atoms with Crippen LogP contribution in [-0.2, 0) is 4.79 Å². The lowest BCUT2D eigenvalue weighted by atomic mass is 10.1. The summed E-state index contributed by atoms with van der Waals surface area (Å²) in [5.41, 5.74) is 0.580. The number of nitrogens with zero attached hydrogens (tertiary/aromatic N) is 3. The smallest absolute Gasteiger partial charge is 0.406 e. The summed E-state index contributed by atoms with van der Waals surface area (Å²) in [6.45, 7) is 1.72. The van der Waals surface area contributed by atoms with E-state index in [9.17, 15) is 32.9 Å². The van der Waals surface area contributed by atoms with Crippen LogP contribution in [0.4, 0.5) is 24.5 Å². The first-order valence-corrected chi connectivity index (χ1v) is 9.52. The largest absolute Gasteiger partial charge is 0.573 e. The van der Waals surface area contributed by atoms with E-state index in [0.29, 0.717) is 37.4 Å². The predicted molar refractivity (Wildman–Crippen MR) is 107 cm³/mol. The van der Waals surface area contributed by atoms with E-state index < -0.39 is 11.3 Å². The van der Waals surface area contributed by atoms with Crippen LogP contribution in [0.15, 0.2) is 48.5 Å². The van der Waals surface area contributed by atoms with Crippen molar-refractivity contribution in [2.45, 2.75) is 6.36 Å². The minimum absolute atomic E-state index is 0.0559. The van der Waals surface area contributed by atoms with E-state index in [1.807, 2.05) is 4.90 Å². The highest BCUT2D eigenvalue weighted by Gasteiger charge is 2.31. The summed E-state index contributed by atoms with van der Waals surface area (Å²) >= 11 is 0. The van der Waals surface area contributed by atoms with Gasteiger partial charge in [0.15, 0.2) is 0 Å². The van der Waals surface area contributed by atoms with Crippen LogP contribution in [0.1, 0.15) is 10.4 Å². The van der Waals surface area contributed by atoms with Crippen LogP contribution in [0.5, 0.6) is 5.75 Å². The number of alkyl halides is 3. The molecule has 0 aliphatic carbocycles. The van der Waals surface area contributed by atoms with Crippen molar-refractivity contribution in [2.24, 2.45) is 0 Å². The molecule has 0 atom stereocenters. The van der Waals surface area contributed by atoms with Crippen LogP contribution >= 0.6 is 0 Å². The molecule has 3 rings (SSSR count). The summed E-state index contributed by atoms with van der Waals surface area (Å²) < 4.78 is 40.3. The van der Waals surface area contributed by atoms with Gasteiger partial charge >= 0.3 is 6.36 Å². The molecule has 2 aromatic rings. The highest BCUT2D eigenvalue weighted by atomic mass is 19.4. The number of non-ortho nitro benzene ring substituents is 1. The standard InChI is InChI=1S/C20H19F3N4O5/c21-20(22,23)32-17-7-3-15(4-8-17)24-18(28)13-25-9-11-26(12-10-25)19(29)14-1-5-16(6-2-14)27(30)31/h1-8H,9-13H2,(H,24,28). The second-order valence-corrected chi connectivity index (χ2v) is 6.99. The maximum Gasteiger partial charge on any atom is 0.573 e. The van der Waals surface area contributed by atoms with E-state index in [2.05, 4.69) is 10.1 Å². The summed E-state index contributed by atoms with van der Waals surface area (Å²) in [6, 6.07) is 10.2. The van der Waals surface area contributed by atoms with Crippen molar-refractivity contribution in [1.29, 1.82) is 0 Å². The zero-order valence-corrected chi connectivity index (χ0v) is 16.7. The Labute approximate surface area is 180 Å². The van der Waals surface area contributed by atoms with Crippen LogP contribution in [-0.4, -0.2) is 65.6 Å². The van der Waals surface area contributed by atoms with Crippen LogP contribution < -0.4 is 10.1 Å². The second kappa shape index (κ2) is 9.64. The molecular weight excluding hydrogens is 433 g/mol. The fourth-order valence-corrected chi connectivity index (χ4v) is 3.16. The van der Waals surface area contributed by atoms with E-state index in [0.717, 1.165) is 12.1 Å². The lowest BCUT2D eigenvalue weighted by Gasteiger charge is -2.34. The third-order valence-electron chi connectivity index (χ3n) is 4.72. The Balaban J connectivity index is 1.45. The lowest BCUT2D eigenvalue weighted by Crippen LogP contribution is -2.50. The molecule has 0 saturated carbocycles. The molecule has 170 valence electrons. The topological polar surface area (TPSA) is 105 Å². The van der Waals surface area contributed by atoms with Gasteiger partial charge in [0.25, 0.3) is 11.6 Å². The van der Waals surface area contributed by atoms with Gasteiger partial charge in [-0.25, -0.2) is 0 Å². The van der Waals surface area contributed by atoms with Gasteiger partial charge in [-0.2, -0.15) is 0 Å². The molecule has 32 heavy (non-hydrogen) atoms. The Kier molecular flexibility index (Phi) is 6.93. The molecule has 0 radical (unpaired) electrons.